The Kier molecular flexibility index (Phi) is 5.32. The molecule has 108 valence electrons. The topological polar surface area (TPSA) is 58.2 Å². The van der Waals surface area contributed by atoms with Gasteiger partial charge in [0.15, 0.2) is 0 Å². The minimum absolute atomic E-state index is 0.336. The molecule has 0 atom stereocenters. The van der Waals surface area contributed by atoms with Crippen LogP contribution in [-0.2, 0) is 6.42 Å². The number of carbonyl (C=O) groups excluding carboxylic acids is 2. The van der Waals surface area contributed by atoms with Gasteiger partial charge in [0.25, 0.3) is 11.8 Å². The largest absolute Gasteiger partial charge is 0.269 e. The molecule has 0 aliphatic heterocycles. The van der Waals surface area contributed by atoms with Gasteiger partial charge in [0, 0.05) is 14.7 Å². The van der Waals surface area contributed by atoms with Crippen molar-refractivity contribution in [3.05, 3.63) is 68.8 Å². The Bertz CT molecular complexity index is 654. The monoisotopic (exact) mass is 394 g/mol. The molecule has 21 heavy (non-hydrogen) atoms. The molecule has 0 fully saturated rings. The second-order valence-corrected chi connectivity index (χ2v) is 5.71. The summed E-state index contributed by atoms with van der Waals surface area (Å²) in [5.74, 6) is -0.677. The summed E-state index contributed by atoms with van der Waals surface area (Å²) >= 11 is 2.13. The van der Waals surface area contributed by atoms with E-state index in [0.29, 0.717) is 11.1 Å². The molecule has 2 amide bonds. The van der Waals surface area contributed by atoms with Crippen LogP contribution in [0.4, 0.5) is 0 Å². The van der Waals surface area contributed by atoms with Crippen LogP contribution in [0.5, 0.6) is 0 Å². The van der Waals surface area contributed by atoms with E-state index in [9.17, 15) is 9.59 Å². The molecule has 0 aromatic heterocycles. The molecule has 0 bridgehead atoms. The van der Waals surface area contributed by atoms with E-state index in [1.54, 1.807) is 30.3 Å². The molecule has 0 heterocycles. The Labute approximate surface area is 137 Å². The number of hydrazine groups is 1. The minimum Gasteiger partial charge on any atom is -0.267 e. The van der Waals surface area contributed by atoms with Gasteiger partial charge >= 0.3 is 0 Å². The summed E-state index contributed by atoms with van der Waals surface area (Å²) in [4.78, 5) is 23.8. The van der Waals surface area contributed by atoms with Crippen molar-refractivity contribution < 1.29 is 9.59 Å². The lowest BCUT2D eigenvalue weighted by Gasteiger charge is -2.08. The summed E-state index contributed by atoms with van der Waals surface area (Å²) in [5.41, 5.74) is 7.00. The summed E-state index contributed by atoms with van der Waals surface area (Å²) in [5, 5.41) is 0. The van der Waals surface area contributed by atoms with Crippen molar-refractivity contribution in [1.82, 2.24) is 10.9 Å². The van der Waals surface area contributed by atoms with Crippen LogP contribution >= 0.6 is 22.6 Å². The number of benzene rings is 2. The van der Waals surface area contributed by atoms with E-state index >= 15 is 0 Å². The molecule has 5 heteroatoms. The maximum Gasteiger partial charge on any atom is 0.269 e. The normalized spacial score (nSPS) is 10.0. The average Bonchev–Trinajstić information content (AvgIpc) is 2.52. The van der Waals surface area contributed by atoms with Gasteiger partial charge in [-0.15, -0.1) is 0 Å². The van der Waals surface area contributed by atoms with Crippen molar-refractivity contribution in [3.8, 4) is 0 Å². The van der Waals surface area contributed by atoms with E-state index in [1.807, 2.05) is 18.2 Å². The van der Waals surface area contributed by atoms with Crippen molar-refractivity contribution in [1.29, 1.82) is 0 Å². The second-order valence-electron chi connectivity index (χ2n) is 4.47. The van der Waals surface area contributed by atoms with Gasteiger partial charge in [0.1, 0.15) is 0 Å². The van der Waals surface area contributed by atoms with Crippen molar-refractivity contribution in [2.75, 3.05) is 0 Å². The number of carbonyl (C=O) groups is 2. The lowest BCUT2D eigenvalue weighted by molar-refractivity contribution is 0.0846. The number of aryl methyl sites for hydroxylation is 1. The lowest BCUT2D eigenvalue weighted by Crippen LogP contribution is -2.41. The first kappa shape index (κ1) is 15.5. The third kappa shape index (κ3) is 4.29. The van der Waals surface area contributed by atoms with Crippen LogP contribution in [-0.4, -0.2) is 11.8 Å². The summed E-state index contributed by atoms with van der Waals surface area (Å²) in [6.07, 6.45) is 0.922. The molecular formula is C16H15IN2O2. The Balaban J connectivity index is 1.95. The van der Waals surface area contributed by atoms with Crippen molar-refractivity contribution in [3.63, 3.8) is 0 Å². The van der Waals surface area contributed by atoms with E-state index in [0.717, 1.165) is 15.6 Å². The lowest BCUT2D eigenvalue weighted by atomic mass is 10.1. The van der Waals surface area contributed by atoms with E-state index in [1.165, 1.54) is 0 Å². The van der Waals surface area contributed by atoms with Crippen LogP contribution in [0.2, 0.25) is 0 Å². The van der Waals surface area contributed by atoms with Gasteiger partial charge in [0.05, 0.1) is 0 Å². The number of halogens is 1. The Hall–Kier alpha value is -1.89. The molecule has 0 radical (unpaired) electrons. The summed E-state index contributed by atoms with van der Waals surface area (Å²) in [7, 11) is 0. The number of amides is 2. The third-order valence-electron chi connectivity index (χ3n) is 3.00. The third-order valence-corrected chi connectivity index (χ3v) is 3.67. The average molecular weight is 394 g/mol. The molecule has 2 aromatic carbocycles. The predicted molar refractivity (Wildman–Crippen MR) is 89.9 cm³/mol. The van der Waals surface area contributed by atoms with Crippen LogP contribution in [0.25, 0.3) is 0 Å². The molecular weight excluding hydrogens is 379 g/mol. The van der Waals surface area contributed by atoms with Gasteiger partial charge in [0.2, 0.25) is 0 Å². The highest BCUT2D eigenvalue weighted by Crippen LogP contribution is 2.07. The van der Waals surface area contributed by atoms with Crippen LogP contribution < -0.4 is 10.9 Å². The number of hydrogen-bond acceptors (Lipinski definition) is 2. The molecule has 2 rings (SSSR count). The number of rotatable bonds is 3. The smallest absolute Gasteiger partial charge is 0.267 e. The summed E-state index contributed by atoms with van der Waals surface area (Å²) < 4.78 is 0.960. The predicted octanol–water partition coefficient (Wildman–Crippen LogP) is 2.93. The first-order chi connectivity index (χ1) is 10.1. The van der Waals surface area contributed by atoms with E-state index in [2.05, 4.69) is 40.4 Å². The highest BCUT2D eigenvalue weighted by Gasteiger charge is 2.09. The van der Waals surface area contributed by atoms with Crippen molar-refractivity contribution >= 4 is 34.4 Å². The second kappa shape index (κ2) is 7.21. The van der Waals surface area contributed by atoms with Gasteiger partial charge in [-0.05, 0) is 64.9 Å². The fourth-order valence-electron chi connectivity index (χ4n) is 1.78. The van der Waals surface area contributed by atoms with Crippen LogP contribution in [0.3, 0.4) is 0 Å². The molecule has 0 unspecified atom stereocenters. The number of hydrogen-bond donors (Lipinski definition) is 2. The first-order valence-corrected chi connectivity index (χ1v) is 7.63. The van der Waals surface area contributed by atoms with Gasteiger partial charge < -0.3 is 0 Å². The quantitative estimate of drug-likeness (QED) is 0.622. The molecule has 0 spiro atoms. The van der Waals surface area contributed by atoms with Gasteiger partial charge in [-0.25, -0.2) is 0 Å². The van der Waals surface area contributed by atoms with Crippen LogP contribution in [0, 0.1) is 3.57 Å². The molecule has 0 saturated carbocycles. The molecule has 4 nitrogen and oxygen atoms in total. The first-order valence-electron chi connectivity index (χ1n) is 6.55. The maximum absolute atomic E-state index is 11.9. The highest BCUT2D eigenvalue weighted by molar-refractivity contribution is 14.1. The van der Waals surface area contributed by atoms with Crippen LogP contribution in [0.1, 0.15) is 33.2 Å². The zero-order chi connectivity index (χ0) is 15.2. The van der Waals surface area contributed by atoms with Crippen LogP contribution in [0.15, 0.2) is 48.5 Å². The van der Waals surface area contributed by atoms with E-state index < -0.39 is 0 Å². The maximum atomic E-state index is 11.9. The summed E-state index contributed by atoms with van der Waals surface area (Å²) in [6.45, 7) is 2.05. The SMILES string of the molecule is CCc1ccc(C(=O)NNC(=O)c2cccc(I)c2)cc1. The molecule has 2 N–H and O–H groups in total. The Morgan fingerprint density at radius 2 is 1.57 bits per heavy atom. The van der Waals surface area contributed by atoms with E-state index in [-0.39, 0.29) is 11.8 Å². The fraction of sp³-hybridized carbons (Fsp3) is 0.125. The fourth-order valence-corrected chi connectivity index (χ4v) is 2.32. The Morgan fingerprint density at radius 3 is 2.14 bits per heavy atom. The summed E-state index contributed by atoms with van der Waals surface area (Å²) in [6, 6.07) is 14.4. The zero-order valence-electron chi connectivity index (χ0n) is 11.5. The number of nitrogens with one attached hydrogen (secondary N) is 2. The molecule has 0 aliphatic carbocycles. The van der Waals surface area contributed by atoms with Gasteiger partial charge in [-0.2, -0.15) is 0 Å². The molecule has 0 aliphatic rings. The van der Waals surface area contributed by atoms with Crippen molar-refractivity contribution in [2.45, 2.75) is 13.3 Å². The Morgan fingerprint density at radius 1 is 0.952 bits per heavy atom. The van der Waals surface area contributed by atoms with Crippen molar-refractivity contribution in [2.24, 2.45) is 0 Å². The van der Waals surface area contributed by atoms with Gasteiger partial charge in [-0.3, -0.25) is 20.4 Å². The minimum atomic E-state index is -0.341. The molecule has 2 aromatic rings. The highest BCUT2D eigenvalue weighted by atomic mass is 127. The zero-order valence-corrected chi connectivity index (χ0v) is 13.7. The van der Waals surface area contributed by atoms with E-state index in [4.69, 9.17) is 0 Å². The standard InChI is InChI=1S/C16H15IN2O2/c1-2-11-6-8-12(9-7-11)15(20)18-19-16(21)13-4-3-5-14(17)10-13/h3-10H,2H2,1H3,(H,18,20)(H,19,21). The van der Waals surface area contributed by atoms with Gasteiger partial charge in [-0.1, -0.05) is 25.1 Å². The molecule has 0 saturated heterocycles.